The van der Waals surface area contributed by atoms with E-state index < -0.39 is 0 Å². The highest BCUT2D eigenvalue weighted by Gasteiger charge is 2.29. The topological polar surface area (TPSA) is 82.1 Å². The van der Waals surface area contributed by atoms with E-state index in [9.17, 15) is 4.79 Å². The van der Waals surface area contributed by atoms with Crippen molar-refractivity contribution >= 4 is 5.91 Å². The highest BCUT2D eigenvalue weighted by Crippen LogP contribution is 2.27. The summed E-state index contributed by atoms with van der Waals surface area (Å²) in [6.07, 6.45) is 4.76. The van der Waals surface area contributed by atoms with E-state index >= 15 is 0 Å². The fraction of sp³-hybridized carbons (Fsp3) is 0.400. The maximum absolute atomic E-state index is 12.4. The number of aliphatic hydroxyl groups excluding tert-OH is 1. The van der Waals surface area contributed by atoms with Crippen molar-refractivity contribution < 1.29 is 9.90 Å². The zero-order valence-electron chi connectivity index (χ0n) is 11.7. The van der Waals surface area contributed by atoms with E-state index in [0.29, 0.717) is 18.5 Å². The van der Waals surface area contributed by atoms with E-state index in [1.807, 2.05) is 11.0 Å². The molecule has 1 atom stereocenters. The smallest absolute Gasteiger partial charge is 0.255 e. The molecule has 0 saturated carbocycles. The number of aromatic nitrogens is 3. The van der Waals surface area contributed by atoms with E-state index in [0.717, 1.165) is 24.4 Å². The number of likely N-dealkylation sites (tertiary alicyclic amines) is 1. The van der Waals surface area contributed by atoms with Gasteiger partial charge in [0, 0.05) is 50.1 Å². The lowest BCUT2D eigenvalue weighted by atomic mass is 10.0. The summed E-state index contributed by atoms with van der Waals surface area (Å²) in [6.45, 7) is 1.52. The standard InChI is InChI=1S/C15H18N4O2/c20-7-4-13-8-14(18-17-13)12-3-6-19(10-12)15(21)11-2-1-5-16-9-11/h1-2,5,8-9,12,20H,3-4,6-7,10H2,(H,17,18)/t12-/m1/s1. The summed E-state index contributed by atoms with van der Waals surface area (Å²) in [5, 5.41) is 16.2. The molecule has 2 aromatic heterocycles. The Bertz CT molecular complexity index is 611. The van der Waals surface area contributed by atoms with Crippen LogP contribution in [0.4, 0.5) is 0 Å². The molecule has 0 aliphatic carbocycles. The first-order valence-corrected chi connectivity index (χ1v) is 7.12. The summed E-state index contributed by atoms with van der Waals surface area (Å²) in [5.74, 6) is 0.283. The van der Waals surface area contributed by atoms with Gasteiger partial charge < -0.3 is 10.0 Å². The van der Waals surface area contributed by atoms with Crippen molar-refractivity contribution in [2.45, 2.75) is 18.8 Å². The molecule has 0 radical (unpaired) electrons. The maximum atomic E-state index is 12.4. The summed E-state index contributed by atoms with van der Waals surface area (Å²) < 4.78 is 0. The monoisotopic (exact) mass is 286 g/mol. The Balaban J connectivity index is 1.66. The fourth-order valence-corrected chi connectivity index (χ4v) is 2.70. The average Bonchev–Trinajstić information content (AvgIpc) is 3.16. The molecule has 3 rings (SSSR count). The number of H-pyrrole nitrogens is 1. The summed E-state index contributed by atoms with van der Waals surface area (Å²) in [6, 6.07) is 5.55. The number of carbonyl (C=O) groups is 1. The second-order valence-electron chi connectivity index (χ2n) is 5.27. The number of hydrogen-bond acceptors (Lipinski definition) is 4. The number of hydrogen-bond donors (Lipinski definition) is 2. The largest absolute Gasteiger partial charge is 0.396 e. The van der Waals surface area contributed by atoms with Crippen LogP contribution in [0.25, 0.3) is 0 Å². The second kappa shape index (κ2) is 6.05. The SMILES string of the molecule is O=C(c1cccnc1)N1CC[C@@H](c2cc(CCO)[nH]n2)C1. The molecule has 1 fully saturated rings. The molecule has 6 heteroatoms. The van der Waals surface area contributed by atoms with Gasteiger partial charge in [-0.2, -0.15) is 5.10 Å². The molecule has 1 aliphatic heterocycles. The van der Waals surface area contributed by atoms with Gasteiger partial charge in [0.15, 0.2) is 0 Å². The predicted octanol–water partition coefficient (Wildman–Crippen LogP) is 0.969. The summed E-state index contributed by atoms with van der Waals surface area (Å²) in [4.78, 5) is 18.2. The van der Waals surface area contributed by atoms with Crippen molar-refractivity contribution in [1.29, 1.82) is 0 Å². The number of aromatic amines is 1. The minimum absolute atomic E-state index is 0.0247. The Hall–Kier alpha value is -2.21. The molecule has 1 saturated heterocycles. The number of nitrogens with one attached hydrogen (secondary N) is 1. The maximum Gasteiger partial charge on any atom is 0.255 e. The van der Waals surface area contributed by atoms with E-state index in [1.165, 1.54) is 0 Å². The Kier molecular flexibility index (Phi) is 3.96. The molecule has 1 aliphatic rings. The van der Waals surface area contributed by atoms with Crippen LogP contribution in [0.3, 0.4) is 0 Å². The Morgan fingerprint density at radius 1 is 1.52 bits per heavy atom. The van der Waals surface area contributed by atoms with E-state index in [2.05, 4.69) is 15.2 Å². The molecule has 6 nitrogen and oxygen atoms in total. The van der Waals surface area contributed by atoms with E-state index in [-0.39, 0.29) is 18.4 Å². The number of nitrogens with zero attached hydrogens (tertiary/aromatic N) is 3. The molecule has 0 aromatic carbocycles. The van der Waals surface area contributed by atoms with Gasteiger partial charge in [-0.1, -0.05) is 0 Å². The minimum atomic E-state index is 0.0247. The van der Waals surface area contributed by atoms with Crippen LogP contribution < -0.4 is 0 Å². The second-order valence-corrected chi connectivity index (χ2v) is 5.27. The van der Waals surface area contributed by atoms with Crippen LogP contribution in [0.15, 0.2) is 30.6 Å². The molecule has 110 valence electrons. The van der Waals surface area contributed by atoms with E-state index in [1.54, 1.807) is 24.5 Å². The molecule has 0 unspecified atom stereocenters. The van der Waals surface area contributed by atoms with Crippen molar-refractivity contribution in [3.05, 3.63) is 47.5 Å². The van der Waals surface area contributed by atoms with Crippen molar-refractivity contribution in [1.82, 2.24) is 20.1 Å². The number of aliphatic hydroxyl groups is 1. The van der Waals surface area contributed by atoms with Crippen molar-refractivity contribution in [3.8, 4) is 0 Å². The van der Waals surface area contributed by atoms with Crippen LogP contribution in [0.5, 0.6) is 0 Å². The van der Waals surface area contributed by atoms with Gasteiger partial charge >= 0.3 is 0 Å². The Morgan fingerprint density at radius 2 is 2.43 bits per heavy atom. The number of pyridine rings is 1. The molecule has 3 heterocycles. The first-order valence-electron chi connectivity index (χ1n) is 7.12. The zero-order valence-corrected chi connectivity index (χ0v) is 11.7. The van der Waals surface area contributed by atoms with Crippen molar-refractivity contribution in [2.75, 3.05) is 19.7 Å². The summed E-state index contributed by atoms with van der Waals surface area (Å²) >= 11 is 0. The highest BCUT2D eigenvalue weighted by molar-refractivity contribution is 5.94. The van der Waals surface area contributed by atoms with Crippen molar-refractivity contribution in [2.24, 2.45) is 0 Å². The third kappa shape index (κ3) is 2.95. The van der Waals surface area contributed by atoms with Crippen LogP contribution in [0, 0.1) is 0 Å². The van der Waals surface area contributed by atoms with Gasteiger partial charge in [0.05, 0.1) is 11.3 Å². The van der Waals surface area contributed by atoms with Gasteiger partial charge in [-0.05, 0) is 24.6 Å². The minimum Gasteiger partial charge on any atom is -0.396 e. The van der Waals surface area contributed by atoms with Gasteiger partial charge in [0.25, 0.3) is 5.91 Å². The third-order valence-electron chi connectivity index (χ3n) is 3.83. The quantitative estimate of drug-likeness (QED) is 0.877. The fourth-order valence-electron chi connectivity index (χ4n) is 2.70. The van der Waals surface area contributed by atoms with Crippen molar-refractivity contribution in [3.63, 3.8) is 0 Å². The van der Waals surface area contributed by atoms with Crippen LogP contribution >= 0.6 is 0 Å². The molecule has 0 bridgehead atoms. The predicted molar refractivity (Wildman–Crippen MR) is 76.9 cm³/mol. The third-order valence-corrected chi connectivity index (χ3v) is 3.83. The molecule has 2 aromatic rings. The van der Waals surface area contributed by atoms with Gasteiger partial charge in [0.1, 0.15) is 0 Å². The molecule has 0 spiro atoms. The van der Waals surface area contributed by atoms with Gasteiger partial charge in [-0.3, -0.25) is 14.9 Å². The number of carbonyl (C=O) groups excluding carboxylic acids is 1. The van der Waals surface area contributed by atoms with Gasteiger partial charge in [-0.25, -0.2) is 0 Å². The molecule has 2 N–H and O–H groups in total. The summed E-state index contributed by atoms with van der Waals surface area (Å²) in [7, 11) is 0. The first kappa shape index (κ1) is 13.8. The van der Waals surface area contributed by atoms with Gasteiger partial charge in [-0.15, -0.1) is 0 Å². The zero-order chi connectivity index (χ0) is 14.7. The lowest BCUT2D eigenvalue weighted by Gasteiger charge is -2.15. The highest BCUT2D eigenvalue weighted by atomic mass is 16.3. The first-order chi connectivity index (χ1) is 10.3. The molecule has 21 heavy (non-hydrogen) atoms. The van der Waals surface area contributed by atoms with E-state index in [4.69, 9.17) is 5.11 Å². The lowest BCUT2D eigenvalue weighted by Crippen LogP contribution is -2.28. The van der Waals surface area contributed by atoms with Crippen LogP contribution in [0.1, 0.15) is 34.1 Å². The summed E-state index contributed by atoms with van der Waals surface area (Å²) in [5.41, 5.74) is 2.53. The molecule has 1 amide bonds. The molecular formula is C15H18N4O2. The Morgan fingerprint density at radius 3 is 3.19 bits per heavy atom. The lowest BCUT2D eigenvalue weighted by molar-refractivity contribution is 0.0790. The van der Waals surface area contributed by atoms with Gasteiger partial charge in [0.2, 0.25) is 0 Å². The molecular weight excluding hydrogens is 268 g/mol. The normalized spacial score (nSPS) is 18.1. The number of rotatable bonds is 4. The van der Waals surface area contributed by atoms with Crippen LogP contribution in [-0.2, 0) is 6.42 Å². The van der Waals surface area contributed by atoms with Crippen LogP contribution in [0.2, 0.25) is 0 Å². The van der Waals surface area contributed by atoms with Crippen LogP contribution in [-0.4, -0.2) is 50.8 Å². The average molecular weight is 286 g/mol. The number of amides is 1. The Labute approximate surface area is 122 Å².